The van der Waals surface area contributed by atoms with Crippen LogP contribution < -0.4 is 10.6 Å². The lowest BCUT2D eigenvalue weighted by Gasteiger charge is -2.23. The zero-order valence-electron chi connectivity index (χ0n) is 9.38. The highest BCUT2D eigenvalue weighted by atomic mass is 79.9. The van der Waals surface area contributed by atoms with Crippen LogP contribution in [0.3, 0.4) is 0 Å². The third-order valence-electron chi connectivity index (χ3n) is 2.21. The second kappa shape index (κ2) is 6.19. The molecule has 0 aromatic heterocycles. The van der Waals surface area contributed by atoms with Gasteiger partial charge in [0.15, 0.2) is 0 Å². The molecule has 0 aliphatic carbocycles. The topological polar surface area (TPSA) is 46.3 Å². The van der Waals surface area contributed by atoms with Gasteiger partial charge >= 0.3 is 12.1 Å². The molecule has 0 bridgehead atoms. The van der Waals surface area contributed by atoms with Gasteiger partial charge in [-0.3, -0.25) is 4.79 Å². The van der Waals surface area contributed by atoms with E-state index < -0.39 is 12.1 Å². The van der Waals surface area contributed by atoms with E-state index in [2.05, 4.69) is 15.9 Å². The number of amides is 1. The van der Waals surface area contributed by atoms with E-state index in [1.54, 1.807) is 12.1 Å². The molecule has 1 aromatic carbocycles. The number of alkyl halides is 3. The van der Waals surface area contributed by atoms with Crippen LogP contribution in [0.4, 0.5) is 18.9 Å². The fourth-order valence-electron chi connectivity index (χ4n) is 1.37. The van der Waals surface area contributed by atoms with Crippen LogP contribution in [0.5, 0.6) is 0 Å². The Hall–Kier alpha value is -1.08. The number of hydrogen-bond acceptors (Lipinski definition) is 2. The van der Waals surface area contributed by atoms with Crippen molar-refractivity contribution in [3.63, 3.8) is 0 Å². The van der Waals surface area contributed by atoms with Crippen molar-refractivity contribution >= 4 is 27.5 Å². The lowest BCUT2D eigenvalue weighted by Crippen LogP contribution is -2.42. The Balaban J connectivity index is 2.98. The van der Waals surface area contributed by atoms with E-state index >= 15 is 0 Å². The van der Waals surface area contributed by atoms with E-state index in [1.807, 2.05) is 0 Å². The van der Waals surface area contributed by atoms with E-state index in [9.17, 15) is 18.0 Å². The second-order valence-corrected chi connectivity index (χ2v) is 4.49. The average molecular weight is 325 g/mol. The highest BCUT2D eigenvalue weighted by molar-refractivity contribution is 9.10. The highest BCUT2D eigenvalue weighted by Gasteiger charge is 2.42. The molecular formula is C11H12BrF3N2O. The van der Waals surface area contributed by atoms with Gasteiger partial charge in [-0.2, -0.15) is 13.2 Å². The summed E-state index contributed by atoms with van der Waals surface area (Å²) in [5.74, 6) is -1.88. The van der Waals surface area contributed by atoms with Crippen molar-refractivity contribution < 1.29 is 18.0 Å². The molecule has 0 aliphatic rings. The summed E-state index contributed by atoms with van der Waals surface area (Å²) in [7, 11) is 0. The lowest BCUT2D eigenvalue weighted by atomic mass is 10.2. The molecule has 1 amide bonds. The van der Waals surface area contributed by atoms with E-state index in [-0.39, 0.29) is 18.8 Å². The zero-order chi connectivity index (χ0) is 13.8. The van der Waals surface area contributed by atoms with Gasteiger partial charge in [0.25, 0.3) is 0 Å². The van der Waals surface area contributed by atoms with Crippen LogP contribution in [0.25, 0.3) is 0 Å². The predicted octanol–water partition coefficient (Wildman–Crippen LogP) is 2.69. The van der Waals surface area contributed by atoms with Crippen molar-refractivity contribution in [1.82, 2.24) is 0 Å². The first-order chi connectivity index (χ1) is 8.36. The molecule has 0 spiro atoms. The van der Waals surface area contributed by atoms with Crippen molar-refractivity contribution in [3.05, 3.63) is 28.7 Å². The summed E-state index contributed by atoms with van der Waals surface area (Å²) in [6.07, 6.45) is -4.58. The minimum Gasteiger partial charge on any atom is -0.330 e. The lowest BCUT2D eigenvalue weighted by molar-refractivity contribution is -0.170. The molecule has 100 valence electrons. The van der Waals surface area contributed by atoms with Crippen molar-refractivity contribution in [3.8, 4) is 0 Å². The van der Waals surface area contributed by atoms with E-state index in [0.717, 1.165) is 4.47 Å². The van der Waals surface area contributed by atoms with E-state index in [0.29, 0.717) is 11.3 Å². The first kappa shape index (κ1) is 15.0. The summed E-state index contributed by atoms with van der Waals surface area (Å²) in [4.78, 5) is 12.0. The number of benzene rings is 1. The van der Waals surface area contributed by atoms with Crippen molar-refractivity contribution in [2.45, 2.75) is 12.6 Å². The molecule has 0 heterocycles. The Bertz CT molecular complexity index is 406. The van der Waals surface area contributed by atoms with Gasteiger partial charge < -0.3 is 10.6 Å². The van der Waals surface area contributed by atoms with Gasteiger partial charge in [0.2, 0.25) is 0 Å². The largest absolute Gasteiger partial charge is 0.471 e. The molecule has 7 heteroatoms. The zero-order valence-corrected chi connectivity index (χ0v) is 11.0. The maximum Gasteiger partial charge on any atom is 0.471 e. The number of carbonyl (C=O) groups excluding carboxylic acids is 1. The molecule has 0 fully saturated rings. The highest BCUT2D eigenvalue weighted by Crippen LogP contribution is 2.25. The number of anilines is 1. The predicted molar refractivity (Wildman–Crippen MR) is 66.2 cm³/mol. The number of hydrogen-bond donors (Lipinski definition) is 1. The molecular weight excluding hydrogens is 313 g/mol. The van der Waals surface area contributed by atoms with Crippen LogP contribution in [0, 0.1) is 0 Å². The number of nitrogens with two attached hydrogens (primary N) is 1. The van der Waals surface area contributed by atoms with Crippen molar-refractivity contribution in [2.24, 2.45) is 5.73 Å². The minimum atomic E-state index is -4.89. The molecule has 1 rings (SSSR count). The third kappa shape index (κ3) is 3.99. The molecule has 0 aliphatic heterocycles. The molecule has 0 radical (unpaired) electrons. The molecule has 3 nitrogen and oxygen atoms in total. The van der Waals surface area contributed by atoms with Gasteiger partial charge in [0.1, 0.15) is 0 Å². The first-order valence-corrected chi connectivity index (χ1v) is 6.00. The SMILES string of the molecule is NCCCN(C(=O)C(F)(F)F)c1ccc(Br)cc1. The Labute approximate surface area is 111 Å². The first-order valence-electron chi connectivity index (χ1n) is 5.20. The monoisotopic (exact) mass is 324 g/mol. The number of rotatable bonds is 4. The van der Waals surface area contributed by atoms with Gasteiger partial charge in [0.05, 0.1) is 0 Å². The smallest absolute Gasteiger partial charge is 0.330 e. The van der Waals surface area contributed by atoms with E-state index in [1.165, 1.54) is 12.1 Å². The number of carbonyl (C=O) groups is 1. The quantitative estimate of drug-likeness (QED) is 0.925. The average Bonchev–Trinajstić information content (AvgIpc) is 2.30. The fraction of sp³-hybridized carbons (Fsp3) is 0.364. The Kier molecular flexibility index (Phi) is 5.15. The van der Waals surface area contributed by atoms with Crippen LogP contribution in [0.1, 0.15) is 6.42 Å². The van der Waals surface area contributed by atoms with E-state index in [4.69, 9.17) is 5.73 Å². The molecule has 2 N–H and O–H groups in total. The number of halogens is 4. The van der Waals surface area contributed by atoms with Crippen molar-refractivity contribution in [1.29, 1.82) is 0 Å². The summed E-state index contributed by atoms with van der Waals surface area (Å²) in [6, 6.07) is 6.05. The summed E-state index contributed by atoms with van der Waals surface area (Å²) in [5, 5.41) is 0. The van der Waals surface area contributed by atoms with Gasteiger partial charge in [-0.05, 0) is 37.2 Å². The standard InChI is InChI=1S/C11H12BrF3N2O/c12-8-2-4-9(5-3-8)17(7-1-6-16)10(18)11(13,14)15/h2-5H,1,6-7,16H2. The fourth-order valence-corrected chi connectivity index (χ4v) is 1.64. The summed E-state index contributed by atoms with van der Waals surface area (Å²) in [6.45, 7) is 0.161. The molecule has 0 unspecified atom stereocenters. The van der Waals surface area contributed by atoms with Crippen LogP contribution >= 0.6 is 15.9 Å². The third-order valence-corrected chi connectivity index (χ3v) is 2.74. The Morgan fingerprint density at radius 1 is 1.28 bits per heavy atom. The molecule has 18 heavy (non-hydrogen) atoms. The van der Waals surface area contributed by atoms with Gasteiger partial charge in [-0.15, -0.1) is 0 Å². The summed E-state index contributed by atoms with van der Waals surface area (Å²) < 4.78 is 38.1. The minimum absolute atomic E-state index is 0.0591. The summed E-state index contributed by atoms with van der Waals surface area (Å²) >= 11 is 3.18. The van der Waals surface area contributed by atoms with Gasteiger partial charge in [-0.1, -0.05) is 15.9 Å². The molecule has 0 saturated carbocycles. The normalized spacial score (nSPS) is 11.4. The molecule has 0 saturated heterocycles. The van der Waals surface area contributed by atoms with Gasteiger partial charge in [0, 0.05) is 16.7 Å². The second-order valence-electron chi connectivity index (χ2n) is 3.57. The molecule has 0 atom stereocenters. The maximum atomic E-state index is 12.5. The number of nitrogens with zero attached hydrogens (tertiary/aromatic N) is 1. The summed E-state index contributed by atoms with van der Waals surface area (Å²) in [5.41, 5.74) is 5.46. The Morgan fingerprint density at radius 3 is 2.28 bits per heavy atom. The maximum absolute atomic E-state index is 12.5. The Morgan fingerprint density at radius 2 is 1.83 bits per heavy atom. The van der Waals surface area contributed by atoms with Crippen LogP contribution in [0.2, 0.25) is 0 Å². The van der Waals surface area contributed by atoms with Crippen LogP contribution in [-0.2, 0) is 4.79 Å². The van der Waals surface area contributed by atoms with Crippen LogP contribution in [-0.4, -0.2) is 25.2 Å². The van der Waals surface area contributed by atoms with Crippen molar-refractivity contribution in [2.75, 3.05) is 18.0 Å². The van der Waals surface area contributed by atoms with Crippen LogP contribution in [0.15, 0.2) is 28.7 Å². The van der Waals surface area contributed by atoms with Gasteiger partial charge in [-0.25, -0.2) is 0 Å². The molecule has 1 aromatic rings.